The Hall–Kier alpha value is -1.71. The summed E-state index contributed by atoms with van der Waals surface area (Å²) in [6.45, 7) is 8.34. The number of aliphatic imine (C=N–C) groups is 1. The van der Waals surface area contributed by atoms with Crippen molar-refractivity contribution in [3.05, 3.63) is 61.0 Å². The number of nitrogens with zero attached hydrogens (tertiary/aromatic N) is 2. The third-order valence-corrected chi connectivity index (χ3v) is 6.56. The second-order valence-corrected chi connectivity index (χ2v) is 10.5. The van der Waals surface area contributed by atoms with Crippen LogP contribution in [0.25, 0.3) is 6.08 Å². The van der Waals surface area contributed by atoms with Crippen LogP contribution >= 0.6 is 46.0 Å². The van der Waals surface area contributed by atoms with Crippen LogP contribution in [0.5, 0.6) is 11.5 Å². The van der Waals surface area contributed by atoms with Gasteiger partial charge in [-0.15, -0.1) is 0 Å². The lowest BCUT2D eigenvalue weighted by Crippen LogP contribution is -2.35. The molecular weight excluding hydrogens is 559 g/mol. The van der Waals surface area contributed by atoms with Crippen molar-refractivity contribution >= 4 is 63.1 Å². The van der Waals surface area contributed by atoms with Crippen molar-refractivity contribution in [3.8, 4) is 11.5 Å². The fourth-order valence-electron chi connectivity index (χ4n) is 3.10. The van der Waals surface area contributed by atoms with Gasteiger partial charge in [-0.3, -0.25) is 14.7 Å². The van der Waals surface area contributed by atoms with Crippen LogP contribution < -0.4 is 9.47 Å². The Kier molecular flexibility index (Phi) is 8.52. The molecule has 0 N–H and O–H groups in total. The van der Waals surface area contributed by atoms with Crippen molar-refractivity contribution in [3.63, 3.8) is 0 Å². The second-order valence-electron chi connectivity index (χ2n) is 7.83. The van der Waals surface area contributed by atoms with E-state index < -0.39 is 0 Å². The van der Waals surface area contributed by atoms with E-state index in [0.717, 1.165) is 19.9 Å². The molecule has 0 radical (unpaired) electrons. The Labute approximate surface area is 212 Å². The molecule has 2 aromatic rings. The van der Waals surface area contributed by atoms with Gasteiger partial charge in [0.1, 0.15) is 6.61 Å². The lowest BCUT2D eigenvalue weighted by Gasteiger charge is -2.20. The Morgan fingerprint density at radius 3 is 2.47 bits per heavy atom. The topological polar surface area (TPSA) is 51.1 Å². The molecule has 0 spiro atoms. The predicted molar refractivity (Wildman–Crippen MR) is 142 cm³/mol. The minimum atomic E-state index is -0.0569. The van der Waals surface area contributed by atoms with Crippen LogP contribution in [0.2, 0.25) is 5.02 Å². The van der Waals surface area contributed by atoms with E-state index >= 15 is 0 Å². The molecule has 2 aromatic carbocycles. The van der Waals surface area contributed by atoms with E-state index in [-0.39, 0.29) is 18.0 Å². The number of hydrogen-bond donors (Lipinski definition) is 0. The Morgan fingerprint density at radius 2 is 1.88 bits per heavy atom. The average Bonchev–Trinajstić information content (AvgIpc) is 3.02. The van der Waals surface area contributed by atoms with Crippen molar-refractivity contribution in [2.45, 2.75) is 46.4 Å². The number of halogens is 2. The first kappa shape index (κ1) is 24.9. The number of ether oxygens (including phenoxy) is 2. The molecule has 0 aliphatic carbocycles. The molecule has 0 unspecified atom stereocenters. The van der Waals surface area contributed by atoms with Gasteiger partial charge in [-0.1, -0.05) is 23.7 Å². The van der Waals surface area contributed by atoms with E-state index in [1.165, 1.54) is 11.8 Å². The molecule has 170 valence electrons. The molecular formula is C24H26ClIN2O3S. The summed E-state index contributed by atoms with van der Waals surface area (Å²) in [5.41, 5.74) is 1.80. The molecule has 0 bridgehead atoms. The fourth-order valence-corrected chi connectivity index (χ4v) is 4.97. The summed E-state index contributed by atoms with van der Waals surface area (Å²) in [7, 11) is 1.57. The molecule has 1 amide bonds. The van der Waals surface area contributed by atoms with Crippen LogP contribution in [0.4, 0.5) is 0 Å². The summed E-state index contributed by atoms with van der Waals surface area (Å²) < 4.78 is 12.7. The molecule has 0 saturated carbocycles. The summed E-state index contributed by atoms with van der Waals surface area (Å²) in [5, 5.41) is 1.15. The lowest BCUT2D eigenvalue weighted by molar-refractivity contribution is -0.123. The molecule has 8 heteroatoms. The Balaban J connectivity index is 1.87. The number of thioether (sulfide) groups is 1. The highest BCUT2D eigenvalue weighted by Gasteiger charge is 2.35. The summed E-state index contributed by atoms with van der Waals surface area (Å²) in [6.07, 6.45) is 1.82. The van der Waals surface area contributed by atoms with Crippen molar-refractivity contribution in [2.24, 2.45) is 4.99 Å². The number of benzene rings is 2. The van der Waals surface area contributed by atoms with Crippen molar-refractivity contribution in [1.29, 1.82) is 0 Å². The standard InChI is InChI=1S/C24H26ClIN2O3S/c1-14(2)27-24-28(15(3)4)23(29)21(32-24)12-17-10-19(25)22(20(11-17)30-5)31-13-16-6-8-18(26)9-7-16/h6-12,14-15H,13H2,1-5H3/b21-12+,27-24?. The minimum Gasteiger partial charge on any atom is -0.493 e. The highest BCUT2D eigenvalue weighted by molar-refractivity contribution is 14.1. The molecule has 1 fully saturated rings. The van der Waals surface area contributed by atoms with Crippen molar-refractivity contribution in [1.82, 2.24) is 4.90 Å². The highest BCUT2D eigenvalue weighted by Crippen LogP contribution is 2.39. The SMILES string of the molecule is COc1cc(/C=C2/SC(=NC(C)C)N(C(C)C)C2=O)cc(Cl)c1OCc1ccc(I)cc1. The van der Waals surface area contributed by atoms with Gasteiger partial charge in [0.2, 0.25) is 0 Å². The molecule has 32 heavy (non-hydrogen) atoms. The molecule has 1 aliphatic rings. The normalized spacial score (nSPS) is 16.7. The van der Waals surface area contributed by atoms with Crippen molar-refractivity contribution in [2.75, 3.05) is 7.11 Å². The molecule has 5 nitrogen and oxygen atoms in total. The first-order valence-electron chi connectivity index (χ1n) is 10.2. The number of amides is 1. The zero-order chi connectivity index (χ0) is 23.4. The molecule has 1 heterocycles. The maximum absolute atomic E-state index is 13.0. The van der Waals surface area contributed by atoms with Gasteiger partial charge in [0.05, 0.1) is 17.0 Å². The third kappa shape index (κ3) is 5.99. The van der Waals surface area contributed by atoms with Crippen LogP contribution in [-0.2, 0) is 11.4 Å². The summed E-state index contributed by atoms with van der Waals surface area (Å²) in [5.74, 6) is 0.937. The number of carbonyl (C=O) groups is 1. The smallest absolute Gasteiger partial charge is 0.266 e. The van der Waals surface area contributed by atoms with Crippen molar-refractivity contribution < 1.29 is 14.3 Å². The maximum atomic E-state index is 13.0. The quantitative estimate of drug-likeness (QED) is 0.271. The number of hydrogen-bond acceptors (Lipinski definition) is 5. The molecule has 1 aliphatic heterocycles. The molecule has 0 aromatic heterocycles. The zero-order valence-electron chi connectivity index (χ0n) is 18.7. The highest BCUT2D eigenvalue weighted by atomic mass is 127. The summed E-state index contributed by atoms with van der Waals surface area (Å²) in [6, 6.07) is 11.8. The van der Waals surface area contributed by atoms with Crippen LogP contribution in [0, 0.1) is 3.57 Å². The average molecular weight is 585 g/mol. The van der Waals surface area contributed by atoms with Crippen LogP contribution in [0.15, 0.2) is 46.3 Å². The van der Waals surface area contributed by atoms with Gasteiger partial charge in [-0.05, 0) is 104 Å². The number of methoxy groups -OCH3 is 1. The first-order valence-corrected chi connectivity index (χ1v) is 12.5. The molecule has 1 saturated heterocycles. The first-order chi connectivity index (χ1) is 15.2. The van der Waals surface area contributed by atoms with E-state index in [1.54, 1.807) is 18.1 Å². The van der Waals surface area contributed by atoms with Gasteiger partial charge in [0, 0.05) is 15.7 Å². The van der Waals surface area contributed by atoms with E-state index in [0.29, 0.717) is 28.0 Å². The van der Waals surface area contributed by atoms with Gasteiger partial charge in [-0.2, -0.15) is 0 Å². The molecule has 0 atom stereocenters. The minimum absolute atomic E-state index is 0.0218. The summed E-state index contributed by atoms with van der Waals surface area (Å²) in [4.78, 5) is 19.9. The fraction of sp³-hybridized carbons (Fsp3) is 0.333. The Bertz CT molecular complexity index is 1050. The van der Waals surface area contributed by atoms with Crippen LogP contribution in [0.3, 0.4) is 0 Å². The van der Waals surface area contributed by atoms with E-state index in [2.05, 4.69) is 27.6 Å². The van der Waals surface area contributed by atoms with Gasteiger partial charge < -0.3 is 9.47 Å². The lowest BCUT2D eigenvalue weighted by atomic mass is 10.1. The van der Waals surface area contributed by atoms with E-state index in [4.69, 9.17) is 21.1 Å². The van der Waals surface area contributed by atoms with Gasteiger partial charge in [-0.25, -0.2) is 0 Å². The zero-order valence-corrected chi connectivity index (χ0v) is 22.4. The van der Waals surface area contributed by atoms with Gasteiger partial charge in [0.15, 0.2) is 16.7 Å². The monoisotopic (exact) mass is 584 g/mol. The van der Waals surface area contributed by atoms with Crippen LogP contribution in [0.1, 0.15) is 38.8 Å². The van der Waals surface area contributed by atoms with E-state index in [1.807, 2.05) is 64.1 Å². The summed E-state index contributed by atoms with van der Waals surface area (Å²) >= 11 is 10.2. The van der Waals surface area contributed by atoms with Gasteiger partial charge >= 0.3 is 0 Å². The van der Waals surface area contributed by atoms with Crippen LogP contribution in [-0.4, -0.2) is 35.2 Å². The number of rotatable bonds is 7. The number of amidine groups is 1. The number of carbonyl (C=O) groups excluding carboxylic acids is 1. The third-order valence-electron chi connectivity index (χ3n) is 4.57. The second kappa shape index (κ2) is 10.9. The predicted octanol–water partition coefficient (Wildman–Crippen LogP) is 6.62. The van der Waals surface area contributed by atoms with E-state index in [9.17, 15) is 4.79 Å². The molecule has 3 rings (SSSR count). The maximum Gasteiger partial charge on any atom is 0.266 e. The Morgan fingerprint density at radius 1 is 1.19 bits per heavy atom. The van der Waals surface area contributed by atoms with Gasteiger partial charge in [0.25, 0.3) is 5.91 Å². The largest absolute Gasteiger partial charge is 0.493 e.